The van der Waals surface area contributed by atoms with Crippen LogP contribution in [-0.4, -0.2) is 9.97 Å². The molecule has 0 aliphatic carbocycles. The minimum atomic E-state index is 0. The van der Waals surface area contributed by atoms with E-state index in [-0.39, 0.29) is 17.1 Å². The Morgan fingerprint density at radius 1 is 0.522 bits per heavy atom. The van der Waals surface area contributed by atoms with Gasteiger partial charge >= 0.3 is 17.1 Å². The summed E-state index contributed by atoms with van der Waals surface area (Å²) >= 11 is 0. The molecule has 1 aromatic heterocycles. The molecular weight excluding hydrogens is 336 g/mol. The molecule has 0 aliphatic heterocycles. The number of fused-ring (bicyclic) bond motifs is 1. The van der Waals surface area contributed by atoms with Crippen LogP contribution in [0.25, 0.3) is 11.0 Å². The number of benzene rings is 1. The molecule has 0 aliphatic rings. The third-order valence-corrected chi connectivity index (χ3v) is 1.38. The molecule has 0 radical (unpaired) electrons. The maximum atomic E-state index is 6.25. The quantitative estimate of drug-likeness (QED) is 0.518. The van der Waals surface area contributed by atoms with Crippen molar-refractivity contribution in [2.75, 3.05) is 0 Å². The van der Waals surface area contributed by atoms with Gasteiger partial charge in [0, 0.05) is 12.4 Å². The van der Waals surface area contributed by atoms with Gasteiger partial charge in [-0.2, -0.15) is 0 Å². The standard InChI is InChI=1S/C8H6N2.6CN.Fe/c1-2-4-8-7(3-1)9-5-6-10-8;6*1-2;/h1-6H;;;;;;;/q;6*-1;+2. The first-order valence-corrected chi connectivity index (χ1v) is 4.47. The van der Waals surface area contributed by atoms with Crippen molar-refractivity contribution in [2.24, 2.45) is 0 Å². The summed E-state index contributed by atoms with van der Waals surface area (Å²) in [6, 6.07) is 7.80. The van der Waals surface area contributed by atoms with E-state index in [4.69, 9.17) is 71.0 Å². The third-order valence-electron chi connectivity index (χ3n) is 1.38. The molecule has 0 saturated carbocycles. The minimum Gasteiger partial charge on any atom is -0.512 e. The molecular formula is C14H6FeN8-4. The molecule has 1 heterocycles. The van der Waals surface area contributed by atoms with Crippen LogP contribution in [0.15, 0.2) is 36.7 Å². The van der Waals surface area contributed by atoms with Crippen LogP contribution in [0.2, 0.25) is 0 Å². The molecule has 0 unspecified atom stereocenters. The summed E-state index contributed by atoms with van der Waals surface area (Å²) in [6.45, 7) is 28.5. The van der Waals surface area contributed by atoms with Gasteiger partial charge in [-0.15, -0.1) is 0 Å². The summed E-state index contributed by atoms with van der Waals surface area (Å²) in [7, 11) is 0. The zero-order valence-corrected chi connectivity index (χ0v) is 12.5. The average Bonchev–Trinajstić information content (AvgIpc) is 2.71. The second kappa shape index (κ2) is 52.0. The van der Waals surface area contributed by atoms with Gasteiger partial charge in [-0.05, 0) is 12.1 Å². The van der Waals surface area contributed by atoms with Gasteiger partial charge < -0.3 is 71.0 Å². The molecule has 1 aromatic carbocycles. The molecule has 114 valence electrons. The molecule has 8 nitrogen and oxygen atoms in total. The molecule has 2 aromatic rings. The number of rotatable bonds is 0. The molecule has 0 N–H and O–H groups in total. The Kier molecular flexibility index (Phi) is 82.4. The van der Waals surface area contributed by atoms with E-state index in [0.717, 1.165) is 11.0 Å². The van der Waals surface area contributed by atoms with Crippen molar-refractivity contribution in [3.63, 3.8) is 0 Å². The first-order valence-electron chi connectivity index (χ1n) is 4.47. The Balaban J connectivity index is -0.0000000481. The Bertz CT molecular complexity index is 472. The third kappa shape index (κ3) is 23.5. The smallest absolute Gasteiger partial charge is 0.512 e. The van der Waals surface area contributed by atoms with Crippen molar-refractivity contribution in [3.05, 3.63) is 76.1 Å². The molecule has 2 rings (SSSR count). The van der Waals surface area contributed by atoms with E-state index in [2.05, 4.69) is 9.97 Å². The Morgan fingerprint density at radius 3 is 0.957 bits per heavy atom. The van der Waals surface area contributed by atoms with Crippen LogP contribution in [0.3, 0.4) is 0 Å². The molecule has 23 heavy (non-hydrogen) atoms. The van der Waals surface area contributed by atoms with E-state index in [1.807, 2.05) is 24.3 Å². The van der Waals surface area contributed by atoms with E-state index >= 15 is 0 Å². The van der Waals surface area contributed by atoms with Crippen molar-refractivity contribution in [2.45, 2.75) is 0 Å². The van der Waals surface area contributed by atoms with Gasteiger partial charge in [0.05, 0.1) is 11.0 Å². The van der Waals surface area contributed by atoms with Gasteiger partial charge in [0.15, 0.2) is 0 Å². The van der Waals surface area contributed by atoms with Crippen LogP contribution in [0.5, 0.6) is 0 Å². The fourth-order valence-corrected chi connectivity index (χ4v) is 0.910. The Labute approximate surface area is 146 Å². The Morgan fingerprint density at radius 2 is 0.739 bits per heavy atom. The van der Waals surface area contributed by atoms with Crippen molar-refractivity contribution in [1.29, 1.82) is 31.6 Å². The molecule has 0 saturated heterocycles. The van der Waals surface area contributed by atoms with Crippen LogP contribution >= 0.6 is 0 Å². The summed E-state index contributed by atoms with van der Waals surface area (Å²) in [5.41, 5.74) is 1.90. The monoisotopic (exact) mass is 342 g/mol. The predicted molar refractivity (Wildman–Crippen MR) is 69.3 cm³/mol. The largest absolute Gasteiger partial charge is 2.00 e. The number of para-hydroxylation sites is 2. The van der Waals surface area contributed by atoms with E-state index in [0.29, 0.717) is 0 Å². The fraction of sp³-hybridized carbons (Fsp3) is 0. The van der Waals surface area contributed by atoms with Gasteiger partial charge in [-0.1, -0.05) is 12.1 Å². The molecule has 0 bridgehead atoms. The maximum Gasteiger partial charge on any atom is 2.00 e. The average molecular weight is 342 g/mol. The SMILES string of the molecule is [C-]#N.[C-]#N.[C-]#N.[C-]#N.[C-]#N.[C-]#N.[Fe+2].c1ccc2nccnc2c1. The fourth-order valence-electron chi connectivity index (χ4n) is 0.910. The molecule has 0 fully saturated rings. The number of hydrogen-bond acceptors (Lipinski definition) is 8. The van der Waals surface area contributed by atoms with Crippen LogP contribution in [-0.2, 0) is 17.1 Å². The first kappa shape index (κ1) is 36.4. The number of aromatic nitrogens is 2. The van der Waals surface area contributed by atoms with E-state index in [9.17, 15) is 0 Å². The molecule has 9 heteroatoms. The van der Waals surface area contributed by atoms with Crippen molar-refractivity contribution in [1.82, 2.24) is 9.97 Å². The zero-order chi connectivity index (χ0) is 18.8. The minimum absolute atomic E-state index is 0. The van der Waals surface area contributed by atoms with Crippen molar-refractivity contribution in [3.8, 4) is 0 Å². The predicted octanol–water partition coefficient (Wildman–Crippen LogP) is 2.21. The van der Waals surface area contributed by atoms with Gasteiger partial charge in [-0.3, -0.25) is 9.97 Å². The van der Waals surface area contributed by atoms with E-state index in [1.165, 1.54) is 0 Å². The summed E-state index contributed by atoms with van der Waals surface area (Å²) in [6.07, 6.45) is 3.39. The van der Waals surface area contributed by atoms with Crippen LogP contribution in [0.1, 0.15) is 0 Å². The normalized spacial score (nSPS) is 4.87. The second-order valence-electron chi connectivity index (χ2n) is 2.05. The number of nitrogens with zero attached hydrogens (tertiary/aromatic N) is 8. The van der Waals surface area contributed by atoms with Gasteiger partial charge in [0.2, 0.25) is 0 Å². The topological polar surface area (TPSA) is 169 Å². The zero-order valence-electron chi connectivity index (χ0n) is 11.4. The molecule has 0 amide bonds. The summed E-state index contributed by atoms with van der Waals surface area (Å²) in [5, 5.41) is 37.5. The van der Waals surface area contributed by atoms with E-state index < -0.39 is 0 Å². The van der Waals surface area contributed by atoms with E-state index in [1.54, 1.807) is 12.4 Å². The van der Waals surface area contributed by atoms with Crippen LogP contribution < -0.4 is 0 Å². The van der Waals surface area contributed by atoms with Gasteiger partial charge in [0.1, 0.15) is 0 Å². The number of hydrogen-bond donors (Lipinski definition) is 0. The van der Waals surface area contributed by atoms with Crippen LogP contribution in [0.4, 0.5) is 0 Å². The van der Waals surface area contributed by atoms with Crippen molar-refractivity contribution >= 4 is 11.0 Å². The van der Waals surface area contributed by atoms with Gasteiger partial charge in [0.25, 0.3) is 0 Å². The van der Waals surface area contributed by atoms with Gasteiger partial charge in [-0.25, -0.2) is 0 Å². The second-order valence-corrected chi connectivity index (χ2v) is 2.05. The van der Waals surface area contributed by atoms with Crippen LogP contribution in [0, 0.1) is 71.0 Å². The summed E-state index contributed by atoms with van der Waals surface area (Å²) in [4.78, 5) is 8.24. The summed E-state index contributed by atoms with van der Waals surface area (Å²) < 4.78 is 0. The summed E-state index contributed by atoms with van der Waals surface area (Å²) in [5.74, 6) is 0. The maximum absolute atomic E-state index is 6.25. The first-order chi connectivity index (χ1) is 11.0. The van der Waals surface area contributed by atoms with Crippen molar-refractivity contribution < 1.29 is 17.1 Å². The Hall–Kier alpha value is -3.98. The molecule has 0 spiro atoms. The molecule has 0 atom stereocenters.